The van der Waals surface area contributed by atoms with Crippen LogP contribution in [0.25, 0.3) is 22.3 Å². The fourth-order valence-electron chi connectivity index (χ4n) is 4.39. The standard InChI is InChI=1S/C28H31NO7/c1-28(2,3)36-27(33)29-16-17-9-11-19(12-10-17)26(32)34-20-13-21(30)25-22(31)15-23(35-24(25)14-20)18-7-5-4-6-8-18/h4-8,13-15,17,19,30H,9-12,16H2,1-3H3,(H,29,33). The molecule has 3 aromatic rings. The van der Waals surface area contributed by atoms with E-state index in [0.717, 1.165) is 18.4 Å². The molecule has 1 aromatic heterocycles. The van der Waals surface area contributed by atoms with Crippen molar-refractivity contribution in [3.05, 3.63) is 58.8 Å². The fourth-order valence-corrected chi connectivity index (χ4v) is 4.39. The number of amides is 1. The molecule has 1 aliphatic carbocycles. The molecule has 36 heavy (non-hydrogen) atoms. The molecule has 4 rings (SSSR count). The number of nitrogens with one attached hydrogen (secondary N) is 1. The number of aromatic hydroxyl groups is 1. The number of alkyl carbamates (subject to hydrolysis) is 1. The molecule has 0 aliphatic heterocycles. The number of fused-ring (bicyclic) bond motifs is 1. The molecule has 1 fully saturated rings. The Hall–Kier alpha value is -3.81. The van der Waals surface area contributed by atoms with Crippen LogP contribution in [-0.2, 0) is 9.53 Å². The van der Waals surface area contributed by atoms with Crippen LogP contribution in [0.1, 0.15) is 46.5 Å². The quantitative estimate of drug-likeness (QED) is 0.361. The van der Waals surface area contributed by atoms with Crippen LogP contribution in [0, 0.1) is 11.8 Å². The van der Waals surface area contributed by atoms with Gasteiger partial charge in [0.05, 0.1) is 5.92 Å². The Kier molecular flexibility index (Phi) is 7.33. The first kappa shape index (κ1) is 25.3. The summed E-state index contributed by atoms with van der Waals surface area (Å²) in [6.07, 6.45) is 2.36. The van der Waals surface area contributed by atoms with Crippen molar-refractivity contribution in [3.8, 4) is 22.8 Å². The van der Waals surface area contributed by atoms with E-state index in [-0.39, 0.29) is 39.7 Å². The van der Waals surface area contributed by atoms with Crippen LogP contribution in [0.15, 0.2) is 57.7 Å². The van der Waals surface area contributed by atoms with Gasteiger partial charge in [-0.3, -0.25) is 9.59 Å². The van der Waals surface area contributed by atoms with E-state index in [1.54, 1.807) is 0 Å². The Morgan fingerprint density at radius 3 is 2.42 bits per heavy atom. The van der Waals surface area contributed by atoms with Crippen molar-refractivity contribution in [2.24, 2.45) is 11.8 Å². The maximum atomic E-state index is 12.8. The van der Waals surface area contributed by atoms with Crippen molar-refractivity contribution in [2.75, 3.05) is 6.54 Å². The minimum atomic E-state index is -0.547. The van der Waals surface area contributed by atoms with Gasteiger partial charge >= 0.3 is 12.1 Å². The number of carbonyl (C=O) groups excluding carboxylic acids is 2. The Morgan fingerprint density at radius 1 is 1.06 bits per heavy atom. The van der Waals surface area contributed by atoms with Crippen LogP contribution >= 0.6 is 0 Å². The van der Waals surface area contributed by atoms with Gasteiger partial charge < -0.3 is 24.3 Å². The molecule has 8 nitrogen and oxygen atoms in total. The fraction of sp³-hybridized carbons (Fsp3) is 0.393. The second kappa shape index (κ2) is 10.4. The van der Waals surface area contributed by atoms with Crippen LogP contribution in [0.5, 0.6) is 11.5 Å². The molecule has 8 heteroatoms. The Morgan fingerprint density at radius 2 is 1.75 bits per heavy atom. The molecule has 0 saturated heterocycles. The van der Waals surface area contributed by atoms with Crippen LogP contribution in [0.2, 0.25) is 0 Å². The number of esters is 1. The summed E-state index contributed by atoms with van der Waals surface area (Å²) >= 11 is 0. The summed E-state index contributed by atoms with van der Waals surface area (Å²) in [6.45, 7) is 5.94. The van der Waals surface area contributed by atoms with Gasteiger partial charge in [0.25, 0.3) is 0 Å². The molecule has 1 amide bonds. The van der Waals surface area contributed by atoms with E-state index >= 15 is 0 Å². The second-order valence-corrected chi connectivity index (χ2v) is 10.2. The average Bonchev–Trinajstić information content (AvgIpc) is 2.82. The molecule has 2 N–H and O–H groups in total. The van der Waals surface area contributed by atoms with Gasteiger partial charge in [0.15, 0.2) is 5.43 Å². The Labute approximate surface area is 209 Å². The zero-order valence-corrected chi connectivity index (χ0v) is 20.7. The minimum Gasteiger partial charge on any atom is -0.507 e. The number of phenols is 1. The first-order valence-electron chi connectivity index (χ1n) is 12.1. The number of benzene rings is 2. The van der Waals surface area contributed by atoms with Gasteiger partial charge in [0, 0.05) is 30.3 Å². The highest BCUT2D eigenvalue weighted by atomic mass is 16.6. The molecule has 0 spiro atoms. The molecule has 1 heterocycles. The molecular weight excluding hydrogens is 462 g/mol. The van der Waals surface area contributed by atoms with Gasteiger partial charge in [0.1, 0.15) is 33.8 Å². The molecule has 2 aromatic carbocycles. The highest BCUT2D eigenvalue weighted by Crippen LogP contribution is 2.33. The smallest absolute Gasteiger partial charge is 0.407 e. The molecule has 1 saturated carbocycles. The third kappa shape index (κ3) is 6.24. The van der Waals surface area contributed by atoms with Gasteiger partial charge in [-0.15, -0.1) is 0 Å². The van der Waals surface area contributed by atoms with Crippen molar-refractivity contribution >= 4 is 23.0 Å². The lowest BCUT2D eigenvalue weighted by Crippen LogP contribution is -2.36. The highest BCUT2D eigenvalue weighted by Gasteiger charge is 2.29. The predicted molar refractivity (Wildman–Crippen MR) is 135 cm³/mol. The number of phenolic OH excluding ortho intramolecular Hbond substituents is 1. The van der Waals surface area contributed by atoms with Gasteiger partial charge in [-0.1, -0.05) is 30.3 Å². The lowest BCUT2D eigenvalue weighted by Gasteiger charge is -2.28. The average molecular weight is 494 g/mol. The number of hydrogen-bond acceptors (Lipinski definition) is 7. The summed E-state index contributed by atoms with van der Waals surface area (Å²) < 4.78 is 16.7. The number of carbonyl (C=O) groups is 2. The normalized spacial score (nSPS) is 18.0. The summed E-state index contributed by atoms with van der Waals surface area (Å²) in [7, 11) is 0. The van der Waals surface area contributed by atoms with E-state index < -0.39 is 17.7 Å². The van der Waals surface area contributed by atoms with Crippen LogP contribution < -0.4 is 15.5 Å². The third-order valence-electron chi connectivity index (χ3n) is 6.17. The largest absolute Gasteiger partial charge is 0.507 e. The second-order valence-electron chi connectivity index (χ2n) is 10.2. The monoisotopic (exact) mass is 493 g/mol. The van der Waals surface area contributed by atoms with E-state index in [1.807, 2.05) is 51.1 Å². The maximum Gasteiger partial charge on any atom is 0.407 e. The number of hydrogen-bond donors (Lipinski definition) is 2. The van der Waals surface area contributed by atoms with Crippen molar-refractivity contribution in [1.82, 2.24) is 5.32 Å². The summed E-state index contributed by atoms with van der Waals surface area (Å²) in [6, 6.07) is 13.2. The first-order chi connectivity index (χ1) is 17.1. The summed E-state index contributed by atoms with van der Waals surface area (Å²) in [4.78, 5) is 37.3. The number of rotatable bonds is 5. The minimum absolute atomic E-state index is 0.0347. The van der Waals surface area contributed by atoms with Crippen LogP contribution in [0.4, 0.5) is 4.79 Å². The SMILES string of the molecule is CC(C)(C)OC(=O)NCC1CCC(C(=O)Oc2cc(O)c3c(=O)cc(-c4ccccc4)oc3c2)CC1. The predicted octanol–water partition coefficient (Wildman–Crippen LogP) is 5.40. The van der Waals surface area contributed by atoms with Crippen molar-refractivity contribution < 1.29 is 28.6 Å². The zero-order chi connectivity index (χ0) is 25.9. The highest BCUT2D eigenvalue weighted by molar-refractivity contribution is 5.87. The molecule has 190 valence electrons. The maximum absolute atomic E-state index is 12.8. The molecule has 0 bridgehead atoms. The summed E-state index contributed by atoms with van der Waals surface area (Å²) in [5.41, 5.74) is -0.0740. The Balaban J connectivity index is 1.39. The third-order valence-corrected chi connectivity index (χ3v) is 6.17. The lowest BCUT2D eigenvalue weighted by atomic mass is 9.82. The topological polar surface area (TPSA) is 115 Å². The van der Waals surface area contributed by atoms with Gasteiger partial charge in [-0.2, -0.15) is 0 Å². The van der Waals surface area contributed by atoms with Gasteiger partial charge in [-0.05, 0) is 52.4 Å². The zero-order valence-electron chi connectivity index (χ0n) is 20.7. The van der Waals surface area contributed by atoms with E-state index in [1.165, 1.54) is 18.2 Å². The molecular formula is C28H31NO7. The van der Waals surface area contributed by atoms with Gasteiger partial charge in [0.2, 0.25) is 0 Å². The van der Waals surface area contributed by atoms with Crippen LogP contribution in [0.3, 0.4) is 0 Å². The van der Waals surface area contributed by atoms with E-state index in [0.29, 0.717) is 25.1 Å². The number of ether oxygens (including phenoxy) is 2. The first-order valence-corrected chi connectivity index (χ1v) is 12.1. The van der Waals surface area contributed by atoms with E-state index in [2.05, 4.69) is 5.32 Å². The molecule has 0 atom stereocenters. The van der Waals surface area contributed by atoms with Crippen molar-refractivity contribution in [2.45, 2.75) is 52.1 Å². The van der Waals surface area contributed by atoms with Gasteiger partial charge in [-0.25, -0.2) is 4.79 Å². The molecule has 0 radical (unpaired) electrons. The van der Waals surface area contributed by atoms with E-state index in [9.17, 15) is 19.5 Å². The molecule has 1 aliphatic rings. The molecule has 0 unspecified atom stereocenters. The van der Waals surface area contributed by atoms with Crippen molar-refractivity contribution in [1.29, 1.82) is 0 Å². The Bertz CT molecular complexity index is 1300. The summed E-state index contributed by atoms with van der Waals surface area (Å²) in [5.74, 6) is -0.254. The lowest BCUT2D eigenvalue weighted by molar-refractivity contribution is -0.140. The van der Waals surface area contributed by atoms with Crippen molar-refractivity contribution in [3.63, 3.8) is 0 Å². The van der Waals surface area contributed by atoms with E-state index in [4.69, 9.17) is 13.9 Å². The van der Waals surface area contributed by atoms with Crippen LogP contribution in [-0.4, -0.2) is 29.3 Å². The summed E-state index contributed by atoms with van der Waals surface area (Å²) in [5, 5.41) is 13.3.